The van der Waals surface area contributed by atoms with Gasteiger partial charge in [0.2, 0.25) is 0 Å². The number of fused-ring (bicyclic) bond motifs is 1. The maximum atomic E-state index is 9.89. The maximum Gasteiger partial charge on any atom is 0.161 e. The van der Waals surface area contributed by atoms with Crippen LogP contribution in [0.4, 0.5) is 0 Å². The zero-order valence-corrected chi connectivity index (χ0v) is 13.0. The molecule has 0 aliphatic carbocycles. The number of hydrogen-bond donors (Lipinski definition) is 1. The Kier molecular flexibility index (Phi) is 4.15. The van der Waals surface area contributed by atoms with E-state index in [1.807, 2.05) is 48.6 Å². The number of phenols is 1. The van der Waals surface area contributed by atoms with Crippen LogP contribution in [0.5, 0.6) is 17.2 Å². The van der Waals surface area contributed by atoms with Crippen molar-refractivity contribution in [3.63, 3.8) is 0 Å². The van der Waals surface area contributed by atoms with Gasteiger partial charge in [0.15, 0.2) is 11.5 Å². The van der Waals surface area contributed by atoms with E-state index in [1.54, 1.807) is 26.4 Å². The van der Waals surface area contributed by atoms with Gasteiger partial charge in [-0.1, -0.05) is 30.3 Å². The fourth-order valence-electron chi connectivity index (χ4n) is 2.38. The number of benzene rings is 2. The zero-order valence-electron chi connectivity index (χ0n) is 13.0. The fraction of sp³-hybridized carbons (Fsp3) is 0.105. The molecule has 23 heavy (non-hydrogen) atoms. The highest BCUT2D eigenvalue weighted by Crippen LogP contribution is 2.28. The summed E-state index contributed by atoms with van der Waals surface area (Å²) in [6.45, 7) is 0. The Labute approximate surface area is 134 Å². The first kappa shape index (κ1) is 14.9. The third-order valence-electron chi connectivity index (χ3n) is 3.57. The van der Waals surface area contributed by atoms with Crippen molar-refractivity contribution in [2.24, 2.45) is 0 Å². The number of para-hydroxylation sites is 1. The van der Waals surface area contributed by atoms with Gasteiger partial charge >= 0.3 is 0 Å². The summed E-state index contributed by atoms with van der Waals surface area (Å²) >= 11 is 0. The topological polar surface area (TPSA) is 51.6 Å². The molecule has 0 amide bonds. The largest absolute Gasteiger partial charge is 0.506 e. The number of rotatable bonds is 4. The molecule has 0 bridgehead atoms. The summed E-state index contributed by atoms with van der Waals surface area (Å²) in [5, 5.41) is 10.8. The van der Waals surface area contributed by atoms with Crippen LogP contribution < -0.4 is 9.47 Å². The molecule has 4 heteroatoms. The average Bonchev–Trinajstić information content (AvgIpc) is 2.60. The first-order chi connectivity index (χ1) is 11.2. The second kappa shape index (κ2) is 6.40. The number of nitrogens with zero attached hydrogens (tertiary/aromatic N) is 1. The highest BCUT2D eigenvalue weighted by atomic mass is 16.5. The van der Waals surface area contributed by atoms with Crippen molar-refractivity contribution in [3.8, 4) is 17.2 Å². The van der Waals surface area contributed by atoms with E-state index in [0.29, 0.717) is 17.0 Å². The van der Waals surface area contributed by atoms with Crippen LogP contribution in [0.3, 0.4) is 0 Å². The van der Waals surface area contributed by atoms with E-state index >= 15 is 0 Å². The van der Waals surface area contributed by atoms with Gasteiger partial charge in [-0.15, -0.1) is 0 Å². The van der Waals surface area contributed by atoms with Crippen LogP contribution in [-0.4, -0.2) is 24.3 Å². The third-order valence-corrected chi connectivity index (χ3v) is 3.57. The van der Waals surface area contributed by atoms with Gasteiger partial charge in [0.1, 0.15) is 11.3 Å². The summed E-state index contributed by atoms with van der Waals surface area (Å²) in [6.07, 6.45) is 3.84. The van der Waals surface area contributed by atoms with Crippen molar-refractivity contribution in [1.82, 2.24) is 4.98 Å². The van der Waals surface area contributed by atoms with Crippen LogP contribution in [0, 0.1) is 0 Å². The Morgan fingerprint density at radius 2 is 1.74 bits per heavy atom. The van der Waals surface area contributed by atoms with Crippen LogP contribution in [-0.2, 0) is 0 Å². The molecular weight excluding hydrogens is 290 g/mol. The Morgan fingerprint density at radius 3 is 2.52 bits per heavy atom. The zero-order chi connectivity index (χ0) is 16.2. The molecule has 1 aromatic heterocycles. The Hall–Kier alpha value is -3.01. The lowest BCUT2D eigenvalue weighted by Gasteiger charge is -2.07. The summed E-state index contributed by atoms with van der Waals surface area (Å²) in [7, 11) is 3.22. The van der Waals surface area contributed by atoms with Gasteiger partial charge < -0.3 is 14.6 Å². The Bertz CT molecular complexity index is 872. The standard InChI is InChI=1S/C19H17NO3/c1-22-17-11-7-13(12-18(17)23-2)6-9-15-10-8-14-4-3-5-16(21)19(14)20-15/h3-12,21H,1-2H3. The molecule has 116 valence electrons. The summed E-state index contributed by atoms with van der Waals surface area (Å²) in [5.74, 6) is 1.56. The molecule has 3 aromatic rings. The average molecular weight is 307 g/mol. The number of pyridine rings is 1. The smallest absolute Gasteiger partial charge is 0.161 e. The van der Waals surface area contributed by atoms with Gasteiger partial charge in [0.05, 0.1) is 19.9 Å². The van der Waals surface area contributed by atoms with Gasteiger partial charge in [-0.2, -0.15) is 0 Å². The minimum Gasteiger partial charge on any atom is -0.506 e. The number of ether oxygens (including phenoxy) is 2. The number of phenolic OH excluding ortho intramolecular Hbond substituents is 1. The molecule has 1 N–H and O–H groups in total. The third kappa shape index (κ3) is 3.11. The molecule has 1 heterocycles. The molecule has 0 fully saturated rings. The van der Waals surface area contributed by atoms with Gasteiger partial charge in [-0.25, -0.2) is 4.98 Å². The van der Waals surface area contributed by atoms with Crippen molar-refractivity contribution in [2.45, 2.75) is 0 Å². The summed E-state index contributed by atoms with van der Waals surface area (Å²) in [4.78, 5) is 4.47. The van der Waals surface area contributed by atoms with E-state index in [2.05, 4.69) is 4.98 Å². The maximum absolute atomic E-state index is 9.89. The molecule has 0 aliphatic rings. The summed E-state index contributed by atoms with van der Waals surface area (Å²) in [5.41, 5.74) is 2.34. The predicted molar refractivity (Wildman–Crippen MR) is 91.9 cm³/mol. The van der Waals surface area contributed by atoms with Gasteiger partial charge in [0.25, 0.3) is 0 Å². The van der Waals surface area contributed by atoms with E-state index in [-0.39, 0.29) is 5.75 Å². The van der Waals surface area contributed by atoms with Crippen molar-refractivity contribution in [3.05, 3.63) is 59.8 Å². The van der Waals surface area contributed by atoms with E-state index in [1.165, 1.54) is 0 Å². The molecule has 0 atom stereocenters. The van der Waals surface area contributed by atoms with Crippen LogP contribution >= 0.6 is 0 Å². The predicted octanol–water partition coefficient (Wildman–Crippen LogP) is 4.13. The van der Waals surface area contributed by atoms with Crippen LogP contribution in [0.1, 0.15) is 11.3 Å². The number of hydrogen-bond acceptors (Lipinski definition) is 4. The number of aromatic hydroxyl groups is 1. The van der Waals surface area contributed by atoms with E-state index < -0.39 is 0 Å². The SMILES string of the molecule is COc1ccc(C=Cc2ccc3cccc(O)c3n2)cc1OC. The van der Waals surface area contributed by atoms with Crippen LogP contribution in [0.2, 0.25) is 0 Å². The molecule has 4 nitrogen and oxygen atoms in total. The fourth-order valence-corrected chi connectivity index (χ4v) is 2.38. The first-order valence-electron chi connectivity index (χ1n) is 7.20. The molecule has 2 aromatic carbocycles. The molecule has 0 spiro atoms. The van der Waals surface area contributed by atoms with E-state index in [0.717, 1.165) is 16.6 Å². The Morgan fingerprint density at radius 1 is 0.913 bits per heavy atom. The second-order valence-corrected chi connectivity index (χ2v) is 5.03. The quantitative estimate of drug-likeness (QED) is 0.787. The van der Waals surface area contributed by atoms with Crippen molar-refractivity contribution < 1.29 is 14.6 Å². The summed E-state index contributed by atoms with van der Waals surface area (Å²) in [6, 6.07) is 14.9. The molecule has 0 saturated heterocycles. The molecular formula is C19H17NO3. The lowest BCUT2D eigenvalue weighted by molar-refractivity contribution is 0.355. The van der Waals surface area contributed by atoms with Gasteiger partial charge in [-0.3, -0.25) is 0 Å². The summed E-state index contributed by atoms with van der Waals surface area (Å²) < 4.78 is 10.5. The monoisotopic (exact) mass is 307 g/mol. The highest BCUT2D eigenvalue weighted by molar-refractivity contribution is 5.85. The number of methoxy groups -OCH3 is 2. The minimum absolute atomic E-state index is 0.184. The molecule has 0 unspecified atom stereocenters. The lowest BCUT2D eigenvalue weighted by Crippen LogP contribution is -1.90. The van der Waals surface area contributed by atoms with Crippen molar-refractivity contribution in [2.75, 3.05) is 14.2 Å². The van der Waals surface area contributed by atoms with Crippen LogP contribution in [0.15, 0.2) is 48.5 Å². The molecule has 0 aliphatic heterocycles. The van der Waals surface area contributed by atoms with Gasteiger partial charge in [0, 0.05) is 5.39 Å². The molecule has 3 rings (SSSR count). The molecule has 0 radical (unpaired) electrons. The minimum atomic E-state index is 0.184. The van der Waals surface area contributed by atoms with E-state index in [9.17, 15) is 5.11 Å². The van der Waals surface area contributed by atoms with Crippen molar-refractivity contribution in [1.29, 1.82) is 0 Å². The van der Waals surface area contributed by atoms with Gasteiger partial charge in [-0.05, 0) is 35.9 Å². The second-order valence-electron chi connectivity index (χ2n) is 5.03. The Balaban J connectivity index is 1.92. The van der Waals surface area contributed by atoms with Crippen molar-refractivity contribution >= 4 is 23.1 Å². The van der Waals surface area contributed by atoms with E-state index in [4.69, 9.17) is 9.47 Å². The normalized spacial score (nSPS) is 11.0. The first-order valence-corrected chi connectivity index (χ1v) is 7.20. The number of aromatic nitrogens is 1. The lowest BCUT2D eigenvalue weighted by atomic mass is 10.1. The molecule has 0 saturated carbocycles. The highest BCUT2D eigenvalue weighted by Gasteiger charge is 2.03. The van der Waals surface area contributed by atoms with Crippen LogP contribution in [0.25, 0.3) is 23.1 Å².